The Hall–Kier alpha value is -3.14. The molecule has 106 valence electrons. The minimum Gasteiger partial charge on any atom is -0.410 e. The monoisotopic (exact) mass is 289 g/mol. The Labute approximate surface area is 126 Å². The zero-order chi connectivity index (χ0) is 15.1. The number of rotatable bonds is 1. The molecule has 3 aromatic carbocycles. The van der Waals surface area contributed by atoms with Gasteiger partial charge in [0.15, 0.2) is 0 Å². The first kappa shape index (κ1) is 12.6. The van der Waals surface area contributed by atoms with Crippen molar-refractivity contribution in [3.63, 3.8) is 0 Å². The standard InChI is InChI=1S/C18H11NO3/c20-17-14-10-4-6-12-7-5-11-15(16(12)14)19(17)18(21)22-13-8-2-1-3-9-13/h1-11H. The first-order valence-corrected chi connectivity index (χ1v) is 6.89. The molecule has 0 unspecified atom stereocenters. The van der Waals surface area contributed by atoms with Crippen LogP contribution < -0.4 is 9.64 Å². The Morgan fingerprint density at radius 2 is 1.59 bits per heavy atom. The number of nitrogens with zero attached hydrogens (tertiary/aromatic N) is 1. The van der Waals surface area contributed by atoms with E-state index in [-0.39, 0.29) is 5.91 Å². The highest BCUT2D eigenvalue weighted by Gasteiger charge is 2.35. The average Bonchev–Trinajstić information content (AvgIpc) is 2.83. The molecule has 0 saturated carbocycles. The van der Waals surface area contributed by atoms with E-state index < -0.39 is 6.09 Å². The van der Waals surface area contributed by atoms with Gasteiger partial charge in [-0.15, -0.1) is 0 Å². The van der Waals surface area contributed by atoms with E-state index in [0.29, 0.717) is 17.0 Å². The number of imide groups is 1. The first-order valence-electron chi connectivity index (χ1n) is 6.89. The third-order valence-corrected chi connectivity index (χ3v) is 3.69. The van der Waals surface area contributed by atoms with E-state index in [0.717, 1.165) is 15.7 Å². The van der Waals surface area contributed by atoms with E-state index in [9.17, 15) is 9.59 Å². The van der Waals surface area contributed by atoms with Crippen LogP contribution in [0.1, 0.15) is 10.4 Å². The molecule has 0 saturated heterocycles. The molecule has 0 bridgehead atoms. The molecule has 0 aliphatic carbocycles. The Balaban J connectivity index is 1.77. The van der Waals surface area contributed by atoms with Crippen molar-refractivity contribution < 1.29 is 14.3 Å². The number of benzene rings is 3. The van der Waals surface area contributed by atoms with Crippen LogP contribution in [0.25, 0.3) is 10.8 Å². The van der Waals surface area contributed by atoms with Gasteiger partial charge in [0.05, 0.1) is 11.3 Å². The Kier molecular flexibility index (Phi) is 2.69. The van der Waals surface area contributed by atoms with E-state index in [1.807, 2.05) is 30.3 Å². The molecular formula is C18H11NO3. The van der Waals surface area contributed by atoms with Gasteiger partial charge >= 0.3 is 6.09 Å². The highest BCUT2D eigenvalue weighted by Crippen LogP contribution is 2.37. The normalized spacial score (nSPS) is 12.7. The first-order chi connectivity index (χ1) is 10.8. The molecule has 4 rings (SSSR count). The summed E-state index contributed by atoms with van der Waals surface area (Å²) < 4.78 is 5.30. The number of ether oxygens (including phenoxy) is 1. The van der Waals surface area contributed by atoms with Crippen LogP contribution in [-0.2, 0) is 0 Å². The van der Waals surface area contributed by atoms with Crippen LogP contribution >= 0.6 is 0 Å². The second-order valence-corrected chi connectivity index (χ2v) is 5.00. The number of carbonyl (C=O) groups excluding carboxylic acids is 2. The van der Waals surface area contributed by atoms with Gasteiger partial charge in [0.25, 0.3) is 5.91 Å². The third kappa shape index (κ3) is 1.78. The predicted molar refractivity (Wildman–Crippen MR) is 83.2 cm³/mol. The van der Waals surface area contributed by atoms with Gasteiger partial charge in [-0.25, -0.2) is 9.69 Å². The van der Waals surface area contributed by atoms with Crippen LogP contribution in [0.4, 0.5) is 10.5 Å². The lowest BCUT2D eigenvalue weighted by Crippen LogP contribution is -2.36. The van der Waals surface area contributed by atoms with Crippen molar-refractivity contribution in [2.24, 2.45) is 0 Å². The fraction of sp³-hybridized carbons (Fsp3) is 0. The maximum absolute atomic E-state index is 12.5. The van der Waals surface area contributed by atoms with Crippen molar-refractivity contribution in [1.29, 1.82) is 0 Å². The van der Waals surface area contributed by atoms with Crippen molar-refractivity contribution in [1.82, 2.24) is 0 Å². The van der Waals surface area contributed by atoms with Crippen molar-refractivity contribution in [2.45, 2.75) is 0 Å². The quantitative estimate of drug-likeness (QED) is 0.680. The Morgan fingerprint density at radius 3 is 2.36 bits per heavy atom. The van der Waals surface area contributed by atoms with Crippen LogP contribution in [0.3, 0.4) is 0 Å². The lowest BCUT2D eigenvalue weighted by atomic mass is 10.1. The van der Waals surface area contributed by atoms with Crippen molar-refractivity contribution >= 4 is 28.5 Å². The molecule has 0 radical (unpaired) electrons. The summed E-state index contributed by atoms with van der Waals surface area (Å²) in [6, 6.07) is 19.7. The summed E-state index contributed by atoms with van der Waals surface area (Å²) in [5.41, 5.74) is 1.09. The summed E-state index contributed by atoms with van der Waals surface area (Å²) in [5.74, 6) is 0.0520. The van der Waals surface area contributed by atoms with Gasteiger partial charge in [0.2, 0.25) is 0 Å². The fourth-order valence-corrected chi connectivity index (χ4v) is 2.73. The molecular weight excluding hydrogens is 278 g/mol. The molecule has 0 N–H and O–H groups in total. The van der Waals surface area contributed by atoms with Crippen LogP contribution in [0.2, 0.25) is 0 Å². The fourth-order valence-electron chi connectivity index (χ4n) is 2.73. The molecule has 4 heteroatoms. The molecule has 3 aromatic rings. The Morgan fingerprint density at radius 1 is 0.864 bits per heavy atom. The molecule has 1 aliphatic heterocycles. The van der Waals surface area contributed by atoms with Gasteiger partial charge in [0, 0.05) is 5.39 Å². The molecule has 0 spiro atoms. The summed E-state index contributed by atoms with van der Waals surface area (Å²) in [5, 5.41) is 1.72. The highest BCUT2D eigenvalue weighted by atomic mass is 16.6. The zero-order valence-corrected chi connectivity index (χ0v) is 11.5. The smallest absolute Gasteiger partial charge is 0.410 e. The third-order valence-electron chi connectivity index (χ3n) is 3.69. The van der Waals surface area contributed by atoms with E-state index in [1.54, 1.807) is 36.4 Å². The molecule has 0 atom stereocenters. The zero-order valence-electron chi connectivity index (χ0n) is 11.5. The summed E-state index contributed by atoms with van der Waals surface area (Å²) >= 11 is 0. The number of para-hydroxylation sites is 1. The molecule has 2 amide bonds. The second kappa shape index (κ2) is 4.70. The number of hydrogen-bond acceptors (Lipinski definition) is 3. The largest absolute Gasteiger partial charge is 0.426 e. The van der Waals surface area contributed by atoms with Crippen molar-refractivity contribution in [3.8, 4) is 5.75 Å². The van der Waals surface area contributed by atoms with Gasteiger partial charge in [0.1, 0.15) is 5.75 Å². The van der Waals surface area contributed by atoms with E-state index in [4.69, 9.17) is 4.74 Å². The van der Waals surface area contributed by atoms with Gasteiger partial charge < -0.3 is 4.74 Å². The summed E-state index contributed by atoms with van der Waals surface area (Å²) in [6.45, 7) is 0. The van der Waals surface area contributed by atoms with Crippen LogP contribution in [0, 0.1) is 0 Å². The molecule has 22 heavy (non-hydrogen) atoms. The molecule has 4 nitrogen and oxygen atoms in total. The molecule has 0 aromatic heterocycles. The van der Waals surface area contributed by atoms with E-state index in [1.165, 1.54) is 0 Å². The predicted octanol–water partition coefficient (Wildman–Crippen LogP) is 4.00. The lowest BCUT2D eigenvalue weighted by molar-refractivity contribution is 0.0991. The maximum atomic E-state index is 12.5. The van der Waals surface area contributed by atoms with Crippen LogP contribution in [0.15, 0.2) is 66.7 Å². The molecule has 1 aliphatic rings. The van der Waals surface area contributed by atoms with E-state index >= 15 is 0 Å². The number of anilines is 1. The van der Waals surface area contributed by atoms with Crippen LogP contribution in [-0.4, -0.2) is 12.0 Å². The van der Waals surface area contributed by atoms with E-state index in [2.05, 4.69) is 0 Å². The summed E-state index contributed by atoms with van der Waals surface area (Å²) in [7, 11) is 0. The van der Waals surface area contributed by atoms with Crippen molar-refractivity contribution in [3.05, 3.63) is 72.3 Å². The number of carbonyl (C=O) groups is 2. The maximum Gasteiger partial charge on any atom is 0.426 e. The number of amides is 2. The highest BCUT2D eigenvalue weighted by molar-refractivity contribution is 6.32. The molecule has 0 fully saturated rings. The van der Waals surface area contributed by atoms with Crippen LogP contribution in [0.5, 0.6) is 5.75 Å². The average molecular weight is 289 g/mol. The minimum atomic E-state index is -0.695. The SMILES string of the molecule is O=C(Oc1ccccc1)N1C(=O)c2cccc3cccc1c23. The topological polar surface area (TPSA) is 46.6 Å². The van der Waals surface area contributed by atoms with Gasteiger partial charge in [-0.05, 0) is 29.7 Å². The van der Waals surface area contributed by atoms with Gasteiger partial charge in [-0.3, -0.25) is 4.79 Å². The minimum absolute atomic E-state index is 0.354. The Bertz CT molecular complexity index is 897. The lowest BCUT2D eigenvalue weighted by Gasteiger charge is -2.15. The van der Waals surface area contributed by atoms with Gasteiger partial charge in [-0.1, -0.05) is 42.5 Å². The summed E-state index contributed by atoms with van der Waals surface area (Å²) in [6.07, 6.45) is -0.695. The van der Waals surface area contributed by atoms with Gasteiger partial charge in [-0.2, -0.15) is 0 Å². The summed E-state index contributed by atoms with van der Waals surface area (Å²) in [4.78, 5) is 26.0. The molecule has 1 heterocycles. The second-order valence-electron chi connectivity index (χ2n) is 5.00. The van der Waals surface area contributed by atoms with Crippen molar-refractivity contribution in [2.75, 3.05) is 4.90 Å². The number of hydrogen-bond donors (Lipinski definition) is 0.